The first-order chi connectivity index (χ1) is 19.6. The van der Waals surface area contributed by atoms with Crippen molar-refractivity contribution in [2.24, 2.45) is 0 Å². The molecular formula is C27H31N5O8S. The van der Waals surface area contributed by atoms with Crippen LogP contribution in [0.5, 0.6) is 11.6 Å². The first-order valence-electron chi connectivity index (χ1n) is 13.3. The zero-order valence-corrected chi connectivity index (χ0v) is 23.6. The molecule has 0 radical (unpaired) electrons. The van der Waals surface area contributed by atoms with E-state index in [0.29, 0.717) is 24.4 Å². The van der Waals surface area contributed by atoms with E-state index in [2.05, 4.69) is 10.4 Å². The second-order valence-corrected chi connectivity index (χ2v) is 11.8. The van der Waals surface area contributed by atoms with E-state index in [1.165, 1.54) is 21.1 Å². The zero-order valence-electron chi connectivity index (χ0n) is 22.7. The van der Waals surface area contributed by atoms with E-state index in [1.807, 2.05) is 19.1 Å². The summed E-state index contributed by atoms with van der Waals surface area (Å²) in [6, 6.07) is 10.7. The average Bonchev–Trinajstić information content (AvgIpc) is 3.61. The molecule has 0 spiro atoms. The van der Waals surface area contributed by atoms with Crippen molar-refractivity contribution in [2.45, 2.75) is 37.7 Å². The summed E-state index contributed by atoms with van der Waals surface area (Å²) in [6.45, 7) is 5.16. The predicted molar refractivity (Wildman–Crippen MR) is 147 cm³/mol. The second kappa shape index (κ2) is 11.9. The van der Waals surface area contributed by atoms with Crippen molar-refractivity contribution in [3.63, 3.8) is 0 Å². The summed E-state index contributed by atoms with van der Waals surface area (Å²) in [7, 11) is -4.19. The average molecular weight is 586 g/mol. The third kappa shape index (κ3) is 6.10. The van der Waals surface area contributed by atoms with Crippen molar-refractivity contribution in [3.05, 3.63) is 69.4 Å². The van der Waals surface area contributed by atoms with E-state index >= 15 is 0 Å². The maximum atomic E-state index is 13.6. The van der Waals surface area contributed by atoms with Crippen molar-refractivity contribution in [3.8, 4) is 17.3 Å². The number of non-ortho nitro benzene ring substituents is 1. The van der Waals surface area contributed by atoms with Crippen LogP contribution in [0.15, 0.2) is 47.4 Å². The molecule has 1 amide bonds. The van der Waals surface area contributed by atoms with Crippen molar-refractivity contribution < 1.29 is 32.3 Å². The Morgan fingerprint density at radius 2 is 1.88 bits per heavy atom. The van der Waals surface area contributed by atoms with Gasteiger partial charge >= 0.3 is 0 Å². The van der Waals surface area contributed by atoms with Crippen molar-refractivity contribution >= 4 is 21.6 Å². The van der Waals surface area contributed by atoms with Gasteiger partial charge in [0.25, 0.3) is 11.6 Å². The predicted octanol–water partition coefficient (Wildman–Crippen LogP) is 3.12. The third-order valence-electron chi connectivity index (χ3n) is 7.01. The number of ether oxygens (including phenoxy) is 3. The van der Waals surface area contributed by atoms with Crippen LogP contribution < -0.4 is 10.1 Å². The summed E-state index contributed by atoms with van der Waals surface area (Å²) in [4.78, 5) is 23.7. The highest BCUT2D eigenvalue weighted by molar-refractivity contribution is 7.89. The number of nitro groups is 1. The van der Waals surface area contributed by atoms with Crippen LogP contribution in [0.1, 0.15) is 34.5 Å². The quantitative estimate of drug-likeness (QED) is 0.295. The molecule has 2 aliphatic heterocycles. The fourth-order valence-corrected chi connectivity index (χ4v) is 6.24. The fourth-order valence-electron chi connectivity index (χ4n) is 4.70. The maximum Gasteiger partial charge on any atom is 0.272 e. The van der Waals surface area contributed by atoms with Gasteiger partial charge in [0.1, 0.15) is 10.6 Å². The van der Waals surface area contributed by atoms with Crippen molar-refractivity contribution in [1.82, 2.24) is 19.4 Å². The lowest BCUT2D eigenvalue weighted by atomic mass is 10.2. The molecule has 2 saturated heterocycles. The summed E-state index contributed by atoms with van der Waals surface area (Å²) in [6.07, 6.45) is 1.72. The Morgan fingerprint density at radius 1 is 1.15 bits per heavy atom. The molecule has 1 atom stereocenters. The summed E-state index contributed by atoms with van der Waals surface area (Å²) in [5.41, 5.74) is 1.64. The van der Waals surface area contributed by atoms with Crippen molar-refractivity contribution in [1.29, 1.82) is 0 Å². The number of hydrogen-bond acceptors (Lipinski definition) is 9. The summed E-state index contributed by atoms with van der Waals surface area (Å²) in [5, 5.41) is 18.9. The molecular weight excluding hydrogens is 554 g/mol. The van der Waals surface area contributed by atoms with Crippen LogP contribution in [-0.4, -0.2) is 78.9 Å². The van der Waals surface area contributed by atoms with Gasteiger partial charge in [-0.25, -0.2) is 8.42 Å². The molecule has 13 nitrogen and oxygen atoms in total. The molecule has 41 heavy (non-hydrogen) atoms. The maximum absolute atomic E-state index is 13.6. The van der Waals surface area contributed by atoms with Gasteiger partial charge in [0, 0.05) is 43.9 Å². The van der Waals surface area contributed by atoms with E-state index in [1.54, 1.807) is 19.1 Å². The van der Waals surface area contributed by atoms with Gasteiger partial charge in [-0.2, -0.15) is 14.1 Å². The van der Waals surface area contributed by atoms with E-state index in [4.69, 9.17) is 14.2 Å². The molecule has 0 saturated carbocycles. The summed E-state index contributed by atoms with van der Waals surface area (Å²) >= 11 is 0. The molecule has 14 heteroatoms. The fraction of sp³-hybridized carbons (Fsp3) is 0.407. The molecule has 3 heterocycles. The van der Waals surface area contributed by atoms with Crippen LogP contribution in [0, 0.1) is 24.0 Å². The molecule has 1 unspecified atom stereocenters. The molecule has 0 bridgehead atoms. The van der Waals surface area contributed by atoms with Gasteiger partial charge in [0.15, 0.2) is 5.69 Å². The normalized spacial score (nSPS) is 17.9. The van der Waals surface area contributed by atoms with Gasteiger partial charge in [-0.3, -0.25) is 14.9 Å². The third-order valence-corrected chi connectivity index (χ3v) is 8.93. The van der Waals surface area contributed by atoms with E-state index in [0.717, 1.165) is 24.5 Å². The highest BCUT2D eigenvalue weighted by Gasteiger charge is 2.33. The molecule has 0 aliphatic carbocycles. The number of rotatable bonds is 9. The number of benzene rings is 2. The molecule has 2 aliphatic rings. The number of carbonyl (C=O) groups excluding carboxylic acids is 1. The lowest BCUT2D eigenvalue weighted by Gasteiger charge is -2.26. The minimum Gasteiger partial charge on any atom is -0.437 e. The largest absolute Gasteiger partial charge is 0.437 e. The topological polar surface area (TPSA) is 155 Å². The van der Waals surface area contributed by atoms with Gasteiger partial charge < -0.3 is 19.5 Å². The number of hydrogen-bond donors (Lipinski definition) is 1. The smallest absolute Gasteiger partial charge is 0.272 e. The number of nitrogens with zero attached hydrogens (tertiary/aromatic N) is 4. The van der Waals surface area contributed by atoms with Crippen LogP contribution >= 0.6 is 0 Å². The Kier molecular flexibility index (Phi) is 8.35. The highest BCUT2D eigenvalue weighted by atomic mass is 32.2. The van der Waals surface area contributed by atoms with Gasteiger partial charge in [0.2, 0.25) is 15.9 Å². The van der Waals surface area contributed by atoms with Gasteiger partial charge in [-0.1, -0.05) is 17.7 Å². The summed E-state index contributed by atoms with van der Waals surface area (Å²) < 4.78 is 47.0. The van der Waals surface area contributed by atoms with E-state index in [-0.39, 0.29) is 54.6 Å². The number of aryl methyl sites for hydroxylation is 1. The minimum atomic E-state index is -4.19. The molecule has 1 aromatic heterocycles. The van der Waals surface area contributed by atoms with Crippen LogP contribution in [0.2, 0.25) is 0 Å². The number of amides is 1. The molecule has 3 aromatic rings. The molecule has 5 rings (SSSR count). The Bertz CT molecular complexity index is 1540. The minimum absolute atomic E-state index is 0.0674. The first kappa shape index (κ1) is 28.7. The first-order valence-corrected chi connectivity index (χ1v) is 14.7. The van der Waals surface area contributed by atoms with Gasteiger partial charge in [-0.15, -0.1) is 0 Å². The molecule has 2 fully saturated rings. The van der Waals surface area contributed by atoms with Crippen LogP contribution in [0.25, 0.3) is 5.69 Å². The Labute approximate surface area is 237 Å². The highest BCUT2D eigenvalue weighted by Crippen LogP contribution is 2.37. The Morgan fingerprint density at radius 3 is 2.54 bits per heavy atom. The lowest BCUT2D eigenvalue weighted by Crippen LogP contribution is -2.40. The van der Waals surface area contributed by atoms with E-state index in [9.17, 15) is 23.3 Å². The van der Waals surface area contributed by atoms with Gasteiger partial charge in [-0.05, 0) is 44.9 Å². The number of nitrogens with one attached hydrogen (secondary N) is 1. The monoisotopic (exact) mass is 585 g/mol. The number of morpholine rings is 1. The van der Waals surface area contributed by atoms with E-state index < -0.39 is 26.5 Å². The lowest BCUT2D eigenvalue weighted by molar-refractivity contribution is -0.385. The second-order valence-electron chi connectivity index (χ2n) is 9.88. The van der Waals surface area contributed by atoms with Crippen molar-refractivity contribution in [2.75, 3.05) is 39.5 Å². The molecule has 1 N–H and O–H groups in total. The number of sulfonamides is 1. The Balaban J connectivity index is 1.56. The van der Waals surface area contributed by atoms with Gasteiger partial charge in [0.05, 0.1) is 29.9 Å². The number of aromatic nitrogens is 2. The van der Waals surface area contributed by atoms with Crippen LogP contribution in [0.3, 0.4) is 0 Å². The van der Waals surface area contributed by atoms with Crippen LogP contribution in [0.4, 0.5) is 5.69 Å². The van der Waals surface area contributed by atoms with Crippen LogP contribution in [-0.2, 0) is 19.5 Å². The number of carbonyl (C=O) groups is 1. The molecule has 2 aromatic carbocycles. The zero-order chi connectivity index (χ0) is 29.1. The summed E-state index contributed by atoms with van der Waals surface area (Å²) in [5.74, 6) is -0.466. The Hall–Kier alpha value is -3.85. The standard InChI is InChI=1S/C27H31N5O8S/c1-18-5-7-20(8-6-18)31-27(19(2)25(29-31)26(33)28-17-22-4-3-13-39-22)40-23-10-9-21(32(34)35)16-24(23)41(36,37)30-11-14-38-15-12-30/h5-10,16,22H,3-4,11-15,17H2,1-2H3,(H,28,33). The SMILES string of the molecule is Cc1ccc(-n2nc(C(=O)NCC3CCCO3)c(C)c2Oc2ccc([N+](=O)[O-])cc2S(=O)(=O)N2CCOCC2)cc1. The molecule has 218 valence electrons. The number of nitro benzene ring substituents is 1.